The van der Waals surface area contributed by atoms with Gasteiger partial charge in [0, 0.05) is 13.6 Å². The predicted octanol–water partition coefficient (Wildman–Crippen LogP) is 0.737. The first-order valence-corrected chi connectivity index (χ1v) is 5.04. The number of rotatable bonds is 3. The van der Waals surface area contributed by atoms with E-state index in [1.54, 1.807) is 11.9 Å². The summed E-state index contributed by atoms with van der Waals surface area (Å²) < 4.78 is 0. The van der Waals surface area contributed by atoms with Gasteiger partial charge in [-0.1, -0.05) is 20.8 Å². The van der Waals surface area contributed by atoms with Crippen LogP contribution in [0, 0.1) is 5.41 Å². The zero-order valence-electron chi connectivity index (χ0n) is 9.76. The van der Waals surface area contributed by atoms with Crippen molar-refractivity contribution in [2.45, 2.75) is 27.2 Å². The quantitative estimate of drug-likeness (QED) is 0.747. The molecule has 0 aliphatic carbocycles. The molecule has 0 unspecified atom stereocenters. The van der Waals surface area contributed by atoms with Crippen molar-refractivity contribution in [3.8, 4) is 0 Å². The monoisotopic (exact) mass is 210 g/mol. The van der Waals surface area contributed by atoms with Crippen molar-refractivity contribution in [3.63, 3.8) is 0 Å². The fourth-order valence-electron chi connectivity index (χ4n) is 1.39. The van der Waals surface area contributed by atoms with Crippen LogP contribution in [0.15, 0.2) is 9.59 Å². The molecule has 0 aromatic heterocycles. The molecule has 15 heavy (non-hydrogen) atoms. The Balaban J connectivity index is 2.68. The molecule has 0 saturated carbocycles. The summed E-state index contributed by atoms with van der Waals surface area (Å²) in [5.74, 6) is 0. The first-order chi connectivity index (χ1) is 6.74. The average molecular weight is 210 g/mol. The number of hydrogen-bond donors (Lipinski definition) is 1. The first kappa shape index (κ1) is 11.8. The third kappa shape index (κ3) is 2.37. The van der Waals surface area contributed by atoms with E-state index in [-0.39, 0.29) is 11.1 Å². The Morgan fingerprint density at radius 3 is 2.13 bits per heavy atom. The van der Waals surface area contributed by atoms with E-state index in [9.17, 15) is 9.59 Å². The van der Waals surface area contributed by atoms with Gasteiger partial charge < -0.3 is 10.6 Å². The van der Waals surface area contributed by atoms with Crippen LogP contribution in [-0.4, -0.2) is 13.6 Å². The number of nitrogens with zero attached hydrogens (tertiary/aromatic N) is 1. The van der Waals surface area contributed by atoms with Gasteiger partial charge in [0.25, 0.3) is 10.9 Å². The van der Waals surface area contributed by atoms with Gasteiger partial charge in [-0.3, -0.25) is 9.59 Å². The van der Waals surface area contributed by atoms with Crippen LogP contribution in [0.5, 0.6) is 0 Å². The van der Waals surface area contributed by atoms with E-state index in [0.717, 1.165) is 13.0 Å². The van der Waals surface area contributed by atoms with Crippen molar-refractivity contribution in [2.24, 2.45) is 5.41 Å². The summed E-state index contributed by atoms with van der Waals surface area (Å²) in [5, 5.41) is 0. The highest BCUT2D eigenvalue weighted by Gasteiger charge is 2.22. The topological polar surface area (TPSA) is 63.4 Å². The fourth-order valence-corrected chi connectivity index (χ4v) is 1.39. The molecule has 4 heteroatoms. The number of nitrogens with two attached hydrogens (primary N) is 1. The summed E-state index contributed by atoms with van der Waals surface area (Å²) in [6.45, 7) is 7.13. The molecule has 1 aromatic carbocycles. The van der Waals surface area contributed by atoms with Crippen molar-refractivity contribution in [1.82, 2.24) is 0 Å². The molecule has 0 amide bonds. The van der Waals surface area contributed by atoms with Crippen LogP contribution in [0.3, 0.4) is 0 Å². The van der Waals surface area contributed by atoms with Gasteiger partial charge in [-0.05, 0) is 11.8 Å². The Bertz CT molecular complexity index is 422. The van der Waals surface area contributed by atoms with Gasteiger partial charge in [0.15, 0.2) is 0 Å². The SMILES string of the molecule is CN(CCC(C)(C)C)c1c(N)c(=O)c1=O. The zero-order chi connectivity index (χ0) is 11.8. The lowest BCUT2D eigenvalue weighted by atomic mass is 9.92. The molecule has 0 saturated heterocycles. The smallest absolute Gasteiger partial charge is 0.253 e. The molecule has 0 heterocycles. The summed E-state index contributed by atoms with van der Waals surface area (Å²) in [4.78, 5) is 23.9. The molecule has 0 fully saturated rings. The standard InChI is InChI=1S/C11H18N2O2/c1-11(2,3)5-6-13(4)8-7(12)9(14)10(8)15/h5-6,12H2,1-4H3. The van der Waals surface area contributed by atoms with Crippen molar-refractivity contribution < 1.29 is 0 Å². The molecule has 0 aliphatic heterocycles. The van der Waals surface area contributed by atoms with Gasteiger partial charge in [-0.15, -0.1) is 0 Å². The molecule has 1 rings (SSSR count). The minimum atomic E-state index is -0.549. The van der Waals surface area contributed by atoms with Crippen LogP contribution >= 0.6 is 0 Å². The molecule has 0 aliphatic rings. The van der Waals surface area contributed by atoms with Gasteiger partial charge in [0.05, 0.1) is 0 Å². The lowest BCUT2D eigenvalue weighted by Gasteiger charge is -2.26. The molecular formula is C11H18N2O2. The third-order valence-corrected chi connectivity index (χ3v) is 2.50. The number of anilines is 2. The molecule has 0 radical (unpaired) electrons. The summed E-state index contributed by atoms with van der Waals surface area (Å²) in [6, 6.07) is 0. The van der Waals surface area contributed by atoms with Gasteiger partial charge >= 0.3 is 0 Å². The van der Waals surface area contributed by atoms with Gasteiger partial charge in [0.2, 0.25) is 0 Å². The van der Waals surface area contributed by atoms with Crippen LogP contribution in [0.2, 0.25) is 0 Å². The van der Waals surface area contributed by atoms with Crippen molar-refractivity contribution in [2.75, 3.05) is 24.2 Å². The average Bonchev–Trinajstić information content (AvgIpc) is 2.13. The van der Waals surface area contributed by atoms with Gasteiger partial charge in [0.1, 0.15) is 11.4 Å². The minimum absolute atomic E-state index is 0.108. The Morgan fingerprint density at radius 2 is 1.73 bits per heavy atom. The Morgan fingerprint density at radius 1 is 1.20 bits per heavy atom. The molecule has 84 valence electrons. The van der Waals surface area contributed by atoms with Crippen LogP contribution in [0.4, 0.5) is 11.4 Å². The summed E-state index contributed by atoms with van der Waals surface area (Å²) in [6.07, 6.45) is 0.946. The van der Waals surface area contributed by atoms with Crippen LogP contribution < -0.4 is 21.5 Å². The van der Waals surface area contributed by atoms with E-state index >= 15 is 0 Å². The van der Waals surface area contributed by atoms with E-state index in [1.165, 1.54) is 0 Å². The lowest BCUT2D eigenvalue weighted by molar-refractivity contribution is 0.381. The molecule has 1 aromatic rings. The molecule has 0 atom stereocenters. The van der Waals surface area contributed by atoms with E-state index in [2.05, 4.69) is 20.8 Å². The highest BCUT2D eigenvalue weighted by atomic mass is 16.2. The number of nitrogen functional groups attached to an aromatic ring is 1. The predicted molar refractivity (Wildman–Crippen MR) is 63.1 cm³/mol. The molecule has 0 bridgehead atoms. The van der Waals surface area contributed by atoms with E-state index < -0.39 is 10.9 Å². The Labute approximate surface area is 89.4 Å². The molecule has 0 spiro atoms. The minimum Gasteiger partial charge on any atom is -0.394 e. The maximum Gasteiger partial charge on any atom is 0.253 e. The van der Waals surface area contributed by atoms with Crippen molar-refractivity contribution in [1.29, 1.82) is 0 Å². The zero-order valence-corrected chi connectivity index (χ0v) is 9.76. The Hall–Kier alpha value is -1.32. The highest BCUT2D eigenvalue weighted by molar-refractivity contribution is 5.72. The van der Waals surface area contributed by atoms with E-state index in [0.29, 0.717) is 5.69 Å². The van der Waals surface area contributed by atoms with Crippen LogP contribution in [0.25, 0.3) is 0 Å². The van der Waals surface area contributed by atoms with Gasteiger partial charge in [-0.2, -0.15) is 0 Å². The molecule has 4 nitrogen and oxygen atoms in total. The van der Waals surface area contributed by atoms with Crippen LogP contribution in [0.1, 0.15) is 27.2 Å². The third-order valence-electron chi connectivity index (χ3n) is 2.50. The summed E-state index contributed by atoms with van der Waals surface area (Å²) >= 11 is 0. The van der Waals surface area contributed by atoms with Crippen molar-refractivity contribution >= 4 is 11.4 Å². The summed E-state index contributed by atoms with van der Waals surface area (Å²) in [7, 11) is 1.79. The first-order valence-electron chi connectivity index (χ1n) is 5.04. The van der Waals surface area contributed by atoms with Crippen molar-refractivity contribution in [3.05, 3.63) is 20.4 Å². The van der Waals surface area contributed by atoms with E-state index in [1.807, 2.05) is 0 Å². The largest absolute Gasteiger partial charge is 0.394 e. The van der Waals surface area contributed by atoms with Gasteiger partial charge in [-0.25, -0.2) is 0 Å². The fraction of sp³-hybridized carbons (Fsp3) is 0.636. The maximum atomic E-state index is 11.2. The Kier molecular flexibility index (Phi) is 2.88. The molecule has 2 N–H and O–H groups in total. The normalized spacial score (nSPS) is 12.0. The maximum absolute atomic E-state index is 11.2. The van der Waals surface area contributed by atoms with E-state index in [4.69, 9.17) is 5.73 Å². The highest BCUT2D eigenvalue weighted by Crippen LogP contribution is 2.21. The number of hydrogen-bond acceptors (Lipinski definition) is 4. The second kappa shape index (κ2) is 3.68. The second-order valence-electron chi connectivity index (χ2n) is 5.15. The van der Waals surface area contributed by atoms with Crippen LogP contribution in [-0.2, 0) is 0 Å². The summed E-state index contributed by atoms with van der Waals surface area (Å²) in [5.41, 5.74) is 5.16. The molecular weight excluding hydrogens is 192 g/mol. The second-order valence-corrected chi connectivity index (χ2v) is 5.15. The lowest BCUT2D eigenvalue weighted by Crippen LogP contribution is -2.41.